The summed E-state index contributed by atoms with van der Waals surface area (Å²) in [5, 5.41) is 9.73. The Kier molecular flexibility index (Phi) is 9.38. The molecule has 1 aliphatic heterocycles. The van der Waals surface area contributed by atoms with Gasteiger partial charge in [-0.05, 0) is 43.0 Å². The Bertz CT molecular complexity index is 882. The minimum atomic E-state index is -0.451. The van der Waals surface area contributed by atoms with Gasteiger partial charge < -0.3 is 29.8 Å². The number of halogens is 1. The van der Waals surface area contributed by atoms with Gasteiger partial charge in [0.1, 0.15) is 35.6 Å². The summed E-state index contributed by atoms with van der Waals surface area (Å²) in [6.45, 7) is 1.67. The van der Waals surface area contributed by atoms with E-state index in [4.69, 9.17) is 31.5 Å². The molecule has 0 aromatic heterocycles. The molecule has 0 amide bonds. The predicted molar refractivity (Wildman–Crippen MR) is 128 cm³/mol. The number of alkyl halides is 1. The summed E-state index contributed by atoms with van der Waals surface area (Å²) in [5.74, 6) is 1.52. The summed E-state index contributed by atoms with van der Waals surface area (Å²) in [4.78, 5) is 14.1. The third-order valence-electron chi connectivity index (χ3n) is 6.02. The maximum atomic E-state index is 12.0. The normalized spacial score (nSPS) is 17.7. The van der Waals surface area contributed by atoms with Crippen LogP contribution in [0.15, 0.2) is 42.5 Å². The lowest BCUT2D eigenvalue weighted by atomic mass is 9.92. The number of aldehydes is 1. The minimum absolute atomic E-state index is 0.280. The van der Waals surface area contributed by atoms with Crippen molar-refractivity contribution in [3.05, 3.63) is 53.6 Å². The number of piperidine rings is 1. The van der Waals surface area contributed by atoms with Crippen LogP contribution in [0.2, 0.25) is 0 Å². The Labute approximate surface area is 200 Å². The fourth-order valence-electron chi connectivity index (χ4n) is 4.09. The molecule has 1 saturated heterocycles. The van der Waals surface area contributed by atoms with E-state index in [-0.39, 0.29) is 12.7 Å². The number of benzene rings is 2. The van der Waals surface area contributed by atoms with Crippen molar-refractivity contribution in [2.75, 3.05) is 27.3 Å². The van der Waals surface area contributed by atoms with Crippen LogP contribution in [0.25, 0.3) is 0 Å². The number of carbonyl (C=O) groups excluding carboxylic acids is 1. The number of nitrogens with two attached hydrogens (primary N) is 1. The molecular formula is C25H33ClN2O5. The van der Waals surface area contributed by atoms with Gasteiger partial charge in [-0.1, -0.05) is 18.2 Å². The zero-order chi connectivity index (χ0) is 23.8. The van der Waals surface area contributed by atoms with Crippen molar-refractivity contribution in [3.8, 4) is 17.2 Å². The highest BCUT2D eigenvalue weighted by molar-refractivity contribution is 6.20. The number of ether oxygens (including phenoxy) is 3. The molecule has 3 unspecified atom stereocenters. The Morgan fingerprint density at radius 1 is 1.15 bits per heavy atom. The van der Waals surface area contributed by atoms with Crippen molar-refractivity contribution >= 4 is 17.9 Å². The quantitative estimate of drug-likeness (QED) is 0.292. The lowest BCUT2D eigenvalue weighted by Crippen LogP contribution is -2.49. The summed E-state index contributed by atoms with van der Waals surface area (Å²) in [5.41, 5.74) is 7.66. The molecule has 0 aliphatic carbocycles. The zero-order valence-electron chi connectivity index (χ0n) is 19.2. The smallest absolute Gasteiger partial charge is 0.127 e. The van der Waals surface area contributed by atoms with Crippen LogP contribution in [-0.2, 0) is 11.4 Å². The second kappa shape index (κ2) is 12.2. The summed E-state index contributed by atoms with van der Waals surface area (Å²) in [7, 11) is 3.20. The molecule has 180 valence electrons. The maximum Gasteiger partial charge on any atom is 0.127 e. The van der Waals surface area contributed by atoms with Crippen molar-refractivity contribution in [2.24, 2.45) is 5.73 Å². The minimum Gasteiger partial charge on any atom is -0.497 e. The molecule has 1 fully saturated rings. The molecule has 7 nitrogen and oxygen atoms in total. The van der Waals surface area contributed by atoms with Crippen LogP contribution < -0.4 is 19.9 Å². The number of likely N-dealkylation sites (tertiary alicyclic amines) is 1. The van der Waals surface area contributed by atoms with Gasteiger partial charge in [-0.25, -0.2) is 0 Å². The monoisotopic (exact) mass is 476 g/mol. The number of nitrogens with zero attached hydrogens (tertiary/aromatic N) is 1. The Morgan fingerprint density at radius 3 is 2.39 bits per heavy atom. The van der Waals surface area contributed by atoms with Crippen molar-refractivity contribution in [1.82, 2.24) is 4.90 Å². The van der Waals surface area contributed by atoms with E-state index in [9.17, 15) is 9.90 Å². The van der Waals surface area contributed by atoms with E-state index < -0.39 is 17.5 Å². The van der Waals surface area contributed by atoms with Gasteiger partial charge in [0.15, 0.2) is 0 Å². The molecule has 33 heavy (non-hydrogen) atoms. The second-order valence-electron chi connectivity index (χ2n) is 8.33. The fourth-order valence-corrected chi connectivity index (χ4v) is 4.39. The van der Waals surface area contributed by atoms with Crippen molar-refractivity contribution in [2.45, 2.75) is 49.4 Å². The molecule has 0 bridgehead atoms. The summed E-state index contributed by atoms with van der Waals surface area (Å²) >= 11 is 6.63. The molecule has 0 spiro atoms. The highest BCUT2D eigenvalue weighted by Crippen LogP contribution is 2.31. The van der Waals surface area contributed by atoms with Gasteiger partial charge in [-0.2, -0.15) is 0 Å². The second-order valence-corrected chi connectivity index (χ2v) is 8.78. The maximum absolute atomic E-state index is 12.0. The van der Waals surface area contributed by atoms with Crippen molar-refractivity contribution in [1.29, 1.82) is 0 Å². The number of hydrogen-bond acceptors (Lipinski definition) is 7. The van der Waals surface area contributed by atoms with E-state index in [2.05, 4.69) is 4.90 Å². The topological polar surface area (TPSA) is 94.2 Å². The average Bonchev–Trinajstić information content (AvgIpc) is 2.85. The van der Waals surface area contributed by atoms with Crippen LogP contribution >= 0.6 is 11.6 Å². The molecule has 2 aromatic carbocycles. The van der Waals surface area contributed by atoms with E-state index in [1.165, 1.54) is 0 Å². The first-order chi connectivity index (χ1) is 15.9. The molecule has 3 rings (SSSR count). The van der Waals surface area contributed by atoms with Crippen LogP contribution in [0.1, 0.15) is 36.3 Å². The highest BCUT2D eigenvalue weighted by atomic mass is 35.5. The Balaban J connectivity index is 1.69. The van der Waals surface area contributed by atoms with E-state index in [1.54, 1.807) is 20.3 Å². The van der Waals surface area contributed by atoms with Crippen LogP contribution in [0, 0.1) is 0 Å². The number of carbonyl (C=O) groups is 1. The lowest BCUT2D eigenvalue weighted by Gasteiger charge is -2.36. The molecule has 2 aromatic rings. The van der Waals surface area contributed by atoms with E-state index in [0.717, 1.165) is 17.4 Å². The fraction of sp³-hybridized carbons (Fsp3) is 0.480. The molecule has 0 saturated carbocycles. The van der Waals surface area contributed by atoms with E-state index in [0.29, 0.717) is 49.6 Å². The third kappa shape index (κ3) is 6.84. The summed E-state index contributed by atoms with van der Waals surface area (Å²) in [6, 6.07) is 12.6. The first-order valence-electron chi connectivity index (χ1n) is 11.2. The summed E-state index contributed by atoms with van der Waals surface area (Å²) in [6.07, 6.45) is 2.37. The standard InChI is InChI=1S/C25H33ClN2O5/c1-31-20-11-17(12-21(14-20)32-2)16-33-24-6-4-3-5-22(24)18(15-29)13-23(27)25(26)28-9-7-19(30)8-10-28/h3-6,11-12,14-15,18-19,23,25,30H,7-10,13,16,27H2,1-2H3. The lowest BCUT2D eigenvalue weighted by molar-refractivity contribution is -0.109. The van der Waals surface area contributed by atoms with Crippen LogP contribution in [0.5, 0.6) is 17.2 Å². The SMILES string of the molecule is COc1cc(COc2ccccc2C(C=O)CC(N)C(Cl)N2CCC(O)CC2)cc(OC)c1. The van der Waals surface area contributed by atoms with E-state index >= 15 is 0 Å². The van der Waals surface area contributed by atoms with Gasteiger partial charge in [-0.15, -0.1) is 11.6 Å². The van der Waals surface area contributed by atoms with Gasteiger partial charge >= 0.3 is 0 Å². The van der Waals surface area contributed by atoms with Gasteiger partial charge in [0.05, 0.1) is 20.3 Å². The Morgan fingerprint density at radius 2 is 1.79 bits per heavy atom. The first-order valence-corrected chi connectivity index (χ1v) is 11.6. The third-order valence-corrected chi connectivity index (χ3v) is 6.62. The number of para-hydroxylation sites is 1. The summed E-state index contributed by atoms with van der Waals surface area (Å²) < 4.78 is 16.7. The van der Waals surface area contributed by atoms with Crippen LogP contribution in [0.3, 0.4) is 0 Å². The highest BCUT2D eigenvalue weighted by Gasteiger charge is 2.29. The molecular weight excluding hydrogens is 444 g/mol. The molecule has 8 heteroatoms. The van der Waals surface area contributed by atoms with Crippen LogP contribution in [-0.4, -0.2) is 61.2 Å². The molecule has 1 aliphatic rings. The average molecular weight is 477 g/mol. The molecule has 3 N–H and O–H groups in total. The van der Waals surface area contributed by atoms with Crippen molar-refractivity contribution in [3.63, 3.8) is 0 Å². The van der Waals surface area contributed by atoms with Gasteiger partial charge in [-0.3, -0.25) is 4.90 Å². The largest absolute Gasteiger partial charge is 0.497 e. The van der Waals surface area contributed by atoms with Gasteiger partial charge in [0.25, 0.3) is 0 Å². The number of methoxy groups -OCH3 is 2. The van der Waals surface area contributed by atoms with E-state index in [1.807, 2.05) is 36.4 Å². The predicted octanol–water partition coefficient (Wildman–Crippen LogP) is 3.30. The first kappa shape index (κ1) is 25.3. The zero-order valence-corrected chi connectivity index (χ0v) is 19.9. The van der Waals surface area contributed by atoms with Gasteiger partial charge in [0.2, 0.25) is 0 Å². The molecule has 0 radical (unpaired) electrons. The number of aliphatic hydroxyl groups is 1. The van der Waals surface area contributed by atoms with Gasteiger partial charge in [0, 0.05) is 36.7 Å². The molecule has 3 atom stereocenters. The number of hydrogen-bond donors (Lipinski definition) is 2. The van der Waals surface area contributed by atoms with Crippen LogP contribution in [0.4, 0.5) is 0 Å². The molecule has 1 heterocycles. The number of aliphatic hydroxyl groups excluding tert-OH is 1. The van der Waals surface area contributed by atoms with Crippen molar-refractivity contribution < 1.29 is 24.1 Å². The number of rotatable bonds is 11. The Hall–Kier alpha value is -2.32.